The van der Waals surface area contributed by atoms with Crippen molar-refractivity contribution < 1.29 is 14.3 Å². The number of ether oxygens (including phenoxy) is 2. The number of aromatic nitrogens is 1. The van der Waals surface area contributed by atoms with Crippen molar-refractivity contribution >= 4 is 5.91 Å². The summed E-state index contributed by atoms with van der Waals surface area (Å²) < 4.78 is 12.1. The van der Waals surface area contributed by atoms with E-state index in [1.165, 1.54) is 4.57 Å². The summed E-state index contributed by atoms with van der Waals surface area (Å²) in [6.07, 6.45) is 0. The lowest BCUT2D eigenvalue weighted by molar-refractivity contribution is 0.0678. The lowest BCUT2D eigenvalue weighted by Gasteiger charge is -2.23. The molecule has 1 amide bonds. The molecule has 0 unspecified atom stereocenters. The zero-order chi connectivity index (χ0) is 19.1. The van der Waals surface area contributed by atoms with Crippen LogP contribution in [0.4, 0.5) is 0 Å². The molecular weight excluding hydrogens is 332 g/mol. The zero-order valence-electron chi connectivity index (χ0n) is 15.8. The highest BCUT2D eigenvalue weighted by Gasteiger charge is 2.20. The fraction of sp³-hybridized carbons (Fsp3) is 0.400. The molecule has 0 spiro atoms. The highest BCUT2D eigenvalue weighted by atomic mass is 16.5. The van der Waals surface area contributed by atoms with E-state index in [9.17, 15) is 9.59 Å². The number of nitrogens with zero attached hydrogens (tertiary/aromatic N) is 2. The number of hydrogen-bond acceptors (Lipinski definition) is 4. The number of hydrogen-bond donors (Lipinski definition) is 0. The van der Waals surface area contributed by atoms with Crippen LogP contribution in [0, 0.1) is 6.92 Å². The number of aryl methyl sites for hydroxylation is 1. The molecule has 6 heteroatoms. The van der Waals surface area contributed by atoms with Crippen LogP contribution >= 0.6 is 0 Å². The van der Waals surface area contributed by atoms with Crippen molar-refractivity contribution in [2.45, 2.75) is 20.4 Å². The van der Waals surface area contributed by atoms with Crippen LogP contribution in [0.2, 0.25) is 0 Å². The van der Waals surface area contributed by atoms with Gasteiger partial charge in [-0.1, -0.05) is 12.1 Å². The van der Waals surface area contributed by atoms with Gasteiger partial charge in [0.2, 0.25) is 0 Å². The average molecular weight is 358 g/mol. The summed E-state index contributed by atoms with van der Waals surface area (Å²) in [5.41, 5.74) is 1.65. The van der Waals surface area contributed by atoms with Gasteiger partial charge in [0.1, 0.15) is 11.3 Å². The van der Waals surface area contributed by atoms with E-state index < -0.39 is 0 Å². The molecule has 26 heavy (non-hydrogen) atoms. The SMILES string of the molecule is CCOc1ccc(CN(CCOC)C(=O)c2ccc(C)n(C)c2=O)cc1. The van der Waals surface area contributed by atoms with E-state index in [-0.39, 0.29) is 17.0 Å². The molecule has 140 valence electrons. The lowest BCUT2D eigenvalue weighted by atomic mass is 10.1. The van der Waals surface area contributed by atoms with Gasteiger partial charge in [-0.15, -0.1) is 0 Å². The quantitative estimate of drug-likeness (QED) is 0.727. The first-order valence-electron chi connectivity index (χ1n) is 8.64. The molecule has 0 atom stereocenters. The van der Waals surface area contributed by atoms with Crippen LogP contribution in [0.15, 0.2) is 41.2 Å². The van der Waals surface area contributed by atoms with E-state index in [4.69, 9.17) is 9.47 Å². The van der Waals surface area contributed by atoms with Crippen LogP contribution in [0.5, 0.6) is 5.75 Å². The maximum atomic E-state index is 12.9. The molecule has 0 fully saturated rings. The highest BCUT2D eigenvalue weighted by molar-refractivity contribution is 5.93. The zero-order valence-corrected chi connectivity index (χ0v) is 15.8. The van der Waals surface area contributed by atoms with Crippen molar-refractivity contribution in [3.63, 3.8) is 0 Å². The first kappa shape index (κ1) is 19.7. The molecule has 2 aromatic rings. The summed E-state index contributed by atoms with van der Waals surface area (Å²) in [5, 5.41) is 0. The maximum Gasteiger partial charge on any atom is 0.263 e. The summed E-state index contributed by atoms with van der Waals surface area (Å²) in [5.74, 6) is 0.495. The molecule has 0 saturated carbocycles. The number of carbonyl (C=O) groups excluding carboxylic acids is 1. The minimum absolute atomic E-state index is 0.167. The Morgan fingerprint density at radius 3 is 2.46 bits per heavy atom. The lowest BCUT2D eigenvalue weighted by Crippen LogP contribution is -2.38. The smallest absolute Gasteiger partial charge is 0.263 e. The third-order valence-electron chi connectivity index (χ3n) is 4.25. The van der Waals surface area contributed by atoms with Gasteiger partial charge in [-0.25, -0.2) is 0 Å². The van der Waals surface area contributed by atoms with E-state index in [2.05, 4.69) is 0 Å². The van der Waals surface area contributed by atoms with Crippen LogP contribution in [-0.2, 0) is 18.3 Å². The molecular formula is C20H26N2O4. The maximum absolute atomic E-state index is 12.9. The van der Waals surface area contributed by atoms with Crippen LogP contribution in [0.1, 0.15) is 28.5 Å². The molecule has 0 aliphatic heterocycles. The predicted octanol–water partition coefficient (Wildman–Crippen LogP) is 2.38. The second-order valence-corrected chi connectivity index (χ2v) is 6.05. The summed E-state index contributed by atoms with van der Waals surface area (Å²) in [4.78, 5) is 27.0. The minimum Gasteiger partial charge on any atom is -0.494 e. The molecule has 0 saturated heterocycles. The topological polar surface area (TPSA) is 60.8 Å². The van der Waals surface area contributed by atoms with Crippen LogP contribution in [0.25, 0.3) is 0 Å². The summed E-state index contributed by atoms with van der Waals surface area (Å²) >= 11 is 0. The summed E-state index contributed by atoms with van der Waals surface area (Å²) in [6.45, 7) is 5.56. The Hall–Kier alpha value is -2.60. The van der Waals surface area contributed by atoms with Gasteiger partial charge in [0, 0.05) is 32.9 Å². The van der Waals surface area contributed by atoms with Gasteiger partial charge in [0.05, 0.1) is 13.2 Å². The molecule has 0 aliphatic rings. The number of carbonyl (C=O) groups is 1. The van der Waals surface area contributed by atoms with Gasteiger partial charge in [0.15, 0.2) is 0 Å². The Bertz CT molecular complexity index is 796. The predicted molar refractivity (Wildman–Crippen MR) is 101 cm³/mol. The Kier molecular flexibility index (Phi) is 6.97. The minimum atomic E-state index is -0.295. The molecule has 0 bridgehead atoms. The van der Waals surface area contributed by atoms with E-state index in [1.807, 2.05) is 38.1 Å². The third kappa shape index (κ3) is 4.73. The molecule has 6 nitrogen and oxygen atoms in total. The van der Waals surface area contributed by atoms with Crippen molar-refractivity contribution in [3.05, 3.63) is 63.6 Å². The van der Waals surface area contributed by atoms with Crippen molar-refractivity contribution in [1.82, 2.24) is 9.47 Å². The number of pyridine rings is 1. The van der Waals surface area contributed by atoms with Crippen LogP contribution < -0.4 is 10.3 Å². The number of benzene rings is 1. The molecule has 1 aromatic carbocycles. The second kappa shape index (κ2) is 9.20. The molecule has 1 heterocycles. The Labute approximate surface area is 154 Å². The van der Waals surface area contributed by atoms with Crippen LogP contribution in [-0.4, -0.2) is 42.2 Å². The van der Waals surface area contributed by atoms with Crippen molar-refractivity contribution in [2.24, 2.45) is 7.05 Å². The molecule has 0 N–H and O–H groups in total. The van der Waals surface area contributed by atoms with Crippen molar-refractivity contribution in [2.75, 3.05) is 26.9 Å². The fourth-order valence-electron chi connectivity index (χ4n) is 2.59. The van der Waals surface area contributed by atoms with E-state index in [1.54, 1.807) is 31.2 Å². The van der Waals surface area contributed by atoms with Gasteiger partial charge < -0.3 is 18.9 Å². The van der Waals surface area contributed by atoms with Gasteiger partial charge in [-0.05, 0) is 43.7 Å². The normalized spacial score (nSPS) is 10.6. The molecule has 0 aliphatic carbocycles. The van der Waals surface area contributed by atoms with Crippen molar-refractivity contribution in [1.29, 1.82) is 0 Å². The third-order valence-corrected chi connectivity index (χ3v) is 4.25. The van der Waals surface area contributed by atoms with Gasteiger partial charge in [-0.2, -0.15) is 0 Å². The van der Waals surface area contributed by atoms with Crippen molar-refractivity contribution in [3.8, 4) is 5.75 Å². The monoisotopic (exact) mass is 358 g/mol. The largest absolute Gasteiger partial charge is 0.494 e. The molecule has 1 aromatic heterocycles. The Morgan fingerprint density at radius 2 is 1.85 bits per heavy atom. The highest BCUT2D eigenvalue weighted by Crippen LogP contribution is 2.15. The second-order valence-electron chi connectivity index (χ2n) is 6.05. The van der Waals surface area contributed by atoms with Crippen LogP contribution in [0.3, 0.4) is 0 Å². The number of methoxy groups -OCH3 is 1. The molecule has 2 rings (SSSR count). The van der Waals surface area contributed by atoms with E-state index in [0.29, 0.717) is 26.3 Å². The number of amides is 1. The first-order valence-corrected chi connectivity index (χ1v) is 8.64. The Morgan fingerprint density at radius 1 is 1.15 bits per heavy atom. The Balaban J connectivity index is 2.24. The van der Waals surface area contributed by atoms with E-state index in [0.717, 1.165) is 17.0 Å². The number of rotatable bonds is 8. The standard InChI is InChI=1S/C20H26N2O4/c1-5-26-17-9-7-16(8-10-17)14-22(12-13-25-4)20(24)18-11-6-15(2)21(3)19(18)23/h6-11H,5,12-14H2,1-4H3. The molecule has 0 radical (unpaired) electrons. The fourth-order valence-corrected chi connectivity index (χ4v) is 2.59. The van der Waals surface area contributed by atoms with Gasteiger partial charge >= 0.3 is 0 Å². The summed E-state index contributed by atoms with van der Waals surface area (Å²) in [7, 11) is 3.25. The van der Waals surface area contributed by atoms with E-state index >= 15 is 0 Å². The average Bonchev–Trinajstić information content (AvgIpc) is 2.64. The first-order chi connectivity index (χ1) is 12.5. The van der Waals surface area contributed by atoms with Gasteiger partial charge in [0.25, 0.3) is 11.5 Å². The van der Waals surface area contributed by atoms with Gasteiger partial charge in [-0.3, -0.25) is 9.59 Å². The summed E-state index contributed by atoms with van der Waals surface area (Å²) in [6, 6.07) is 11.0.